The fourth-order valence-electron chi connectivity index (χ4n) is 0.828. The van der Waals surface area contributed by atoms with Gasteiger partial charge in [-0.3, -0.25) is 0 Å². The molecule has 0 radical (unpaired) electrons. The van der Waals surface area contributed by atoms with E-state index in [1.807, 2.05) is 14.1 Å². The smallest absolute Gasteiger partial charge is 0.324 e. The predicted octanol–water partition coefficient (Wildman–Crippen LogP) is -0.00870. The summed E-state index contributed by atoms with van der Waals surface area (Å²) in [6.07, 6.45) is 5.07. The van der Waals surface area contributed by atoms with Crippen LogP contribution in [0.15, 0.2) is 0 Å². The molecule has 0 aliphatic carbocycles. The number of terminal acetylenes is 1. The second-order valence-electron chi connectivity index (χ2n) is 2.88. The molecule has 0 saturated heterocycles. The topological polar surface area (TPSA) is 63.2 Å². The zero-order valence-corrected chi connectivity index (χ0v) is 8.98. The molecule has 1 aromatic heterocycles. The first-order valence-corrected chi connectivity index (χ1v) is 4.34. The average Bonchev–Trinajstić information content (AvgIpc) is 2.25. The van der Waals surface area contributed by atoms with Crippen LogP contribution in [0, 0.1) is 12.3 Å². The molecule has 1 aromatic rings. The predicted molar refractivity (Wildman–Crippen MR) is 58.0 cm³/mol. The summed E-state index contributed by atoms with van der Waals surface area (Å²) in [4.78, 5) is 13.9. The Morgan fingerprint density at radius 3 is 2.67 bits per heavy atom. The van der Waals surface area contributed by atoms with Crippen LogP contribution in [-0.2, 0) is 0 Å². The van der Waals surface area contributed by atoms with Crippen molar-refractivity contribution in [1.29, 1.82) is 0 Å². The molecule has 0 unspecified atom stereocenters. The third-order valence-electron chi connectivity index (χ3n) is 1.51. The van der Waals surface area contributed by atoms with E-state index in [-0.39, 0.29) is 12.6 Å². The largest absolute Gasteiger partial charge is 0.450 e. The lowest BCUT2D eigenvalue weighted by Gasteiger charge is -2.11. The minimum absolute atomic E-state index is 0.139. The first-order chi connectivity index (χ1) is 7.17. The Morgan fingerprint density at radius 2 is 2.13 bits per heavy atom. The van der Waals surface area contributed by atoms with Crippen molar-refractivity contribution in [2.45, 2.75) is 0 Å². The Hall–Kier alpha value is -2.03. The van der Waals surface area contributed by atoms with E-state index in [0.29, 0.717) is 11.9 Å². The van der Waals surface area contributed by atoms with Crippen molar-refractivity contribution in [3.8, 4) is 18.4 Å². The zero-order valence-electron chi connectivity index (χ0n) is 8.98. The number of ether oxygens (including phenoxy) is 1. The Labute approximate surface area is 88.7 Å². The summed E-state index contributed by atoms with van der Waals surface area (Å²) in [6, 6.07) is 0.219. The second kappa shape index (κ2) is 5.00. The maximum absolute atomic E-state index is 5.12. The van der Waals surface area contributed by atoms with Crippen LogP contribution in [0.25, 0.3) is 0 Å². The lowest BCUT2D eigenvalue weighted by molar-refractivity contribution is 0.339. The quantitative estimate of drug-likeness (QED) is 0.701. The second-order valence-corrected chi connectivity index (χ2v) is 2.88. The number of hydrogen-bond donors (Lipinski definition) is 1. The minimum Gasteiger partial charge on any atom is -0.450 e. The van der Waals surface area contributed by atoms with Crippen LogP contribution >= 0.6 is 0 Å². The van der Waals surface area contributed by atoms with Gasteiger partial charge in [0.1, 0.15) is 0 Å². The molecule has 0 saturated carbocycles. The van der Waals surface area contributed by atoms with Crippen molar-refractivity contribution in [3.63, 3.8) is 0 Å². The van der Waals surface area contributed by atoms with Crippen LogP contribution in [0.4, 0.5) is 11.9 Å². The molecule has 0 aromatic carbocycles. The maximum Gasteiger partial charge on any atom is 0.324 e. The summed E-state index contributed by atoms with van der Waals surface area (Å²) in [6.45, 7) is 0.139. The molecule has 0 aliphatic rings. The number of nitrogens with zero attached hydrogens (tertiary/aromatic N) is 4. The highest BCUT2D eigenvalue weighted by Crippen LogP contribution is 2.12. The number of aromatic nitrogens is 3. The van der Waals surface area contributed by atoms with Crippen LogP contribution in [-0.4, -0.2) is 42.7 Å². The summed E-state index contributed by atoms with van der Waals surface area (Å²) >= 11 is 0. The number of nitrogens with one attached hydrogen (secondary N) is 1. The summed E-state index contributed by atoms with van der Waals surface area (Å²) in [5.74, 6) is 3.31. The van der Waals surface area contributed by atoms with Crippen LogP contribution in [0.3, 0.4) is 0 Å². The number of hydrogen-bond acceptors (Lipinski definition) is 6. The molecule has 0 aliphatic heterocycles. The van der Waals surface area contributed by atoms with Crippen LogP contribution in [0.1, 0.15) is 0 Å². The molecular weight excluding hydrogens is 194 g/mol. The molecule has 15 heavy (non-hydrogen) atoms. The molecule has 6 nitrogen and oxygen atoms in total. The fraction of sp³-hybridized carbons (Fsp3) is 0.444. The highest BCUT2D eigenvalue weighted by atomic mass is 16.5. The van der Waals surface area contributed by atoms with E-state index in [0.717, 1.165) is 0 Å². The van der Waals surface area contributed by atoms with Crippen molar-refractivity contribution in [2.24, 2.45) is 0 Å². The van der Waals surface area contributed by atoms with Gasteiger partial charge in [-0.25, -0.2) is 0 Å². The summed E-state index contributed by atoms with van der Waals surface area (Å²) in [5, 5.41) is 2.82. The first kappa shape index (κ1) is 11.0. The van der Waals surface area contributed by atoms with E-state index >= 15 is 0 Å². The van der Waals surface area contributed by atoms with Gasteiger partial charge in [0.25, 0.3) is 0 Å². The van der Waals surface area contributed by atoms with Gasteiger partial charge in [0, 0.05) is 21.1 Å². The van der Waals surface area contributed by atoms with Crippen LogP contribution < -0.4 is 15.0 Å². The fourth-order valence-corrected chi connectivity index (χ4v) is 0.828. The first-order valence-electron chi connectivity index (χ1n) is 4.34. The maximum atomic E-state index is 5.12. The molecule has 0 bridgehead atoms. The van der Waals surface area contributed by atoms with Gasteiger partial charge in [-0.05, 0) is 0 Å². The zero-order chi connectivity index (χ0) is 11.3. The average molecular weight is 207 g/mol. The number of rotatable bonds is 4. The van der Waals surface area contributed by atoms with Crippen molar-refractivity contribution >= 4 is 11.9 Å². The SMILES string of the molecule is C#CCOc1nc(NC)nc(N(C)C)n1. The van der Waals surface area contributed by atoms with Crippen molar-refractivity contribution in [1.82, 2.24) is 15.0 Å². The van der Waals surface area contributed by atoms with Crippen LogP contribution in [0.2, 0.25) is 0 Å². The van der Waals surface area contributed by atoms with E-state index in [1.54, 1.807) is 11.9 Å². The third kappa shape index (κ3) is 2.98. The summed E-state index contributed by atoms with van der Waals surface area (Å²) in [7, 11) is 5.39. The van der Waals surface area contributed by atoms with Gasteiger partial charge in [-0.2, -0.15) is 15.0 Å². The van der Waals surface area contributed by atoms with Crippen molar-refractivity contribution in [3.05, 3.63) is 0 Å². The monoisotopic (exact) mass is 207 g/mol. The minimum atomic E-state index is 0.139. The van der Waals surface area contributed by atoms with Gasteiger partial charge in [0.05, 0.1) is 0 Å². The Bertz CT molecular complexity index is 371. The van der Waals surface area contributed by atoms with Crippen molar-refractivity contribution < 1.29 is 4.74 Å². The Balaban J connectivity index is 2.96. The van der Waals surface area contributed by atoms with E-state index < -0.39 is 0 Å². The molecule has 0 fully saturated rings. The highest BCUT2D eigenvalue weighted by molar-refractivity contribution is 5.36. The van der Waals surface area contributed by atoms with Gasteiger partial charge in [-0.15, -0.1) is 6.42 Å². The summed E-state index contributed by atoms with van der Waals surface area (Å²) < 4.78 is 5.12. The molecule has 1 heterocycles. The van der Waals surface area contributed by atoms with E-state index in [4.69, 9.17) is 11.2 Å². The standard InChI is InChI=1S/C9H13N5O/c1-5-6-15-9-12-7(10-2)11-8(13-9)14(3)4/h1H,6H2,2-4H3,(H,10,11,12,13). The van der Waals surface area contributed by atoms with Crippen LogP contribution in [0.5, 0.6) is 6.01 Å². The van der Waals surface area contributed by atoms with Gasteiger partial charge in [-0.1, -0.05) is 5.92 Å². The van der Waals surface area contributed by atoms with Gasteiger partial charge in [0.2, 0.25) is 11.9 Å². The number of anilines is 2. The molecule has 6 heteroatoms. The third-order valence-corrected chi connectivity index (χ3v) is 1.51. The van der Waals surface area contributed by atoms with Gasteiger partial charge < -0.3 is 15.0 Å². The molecular formula is C9H13N5O. The Kier molecular flexibility index (Phi) is 3.68. The molecule has 1 N–H and O–H groups in total. The lowest BCUT2D eigenvalue weighted by atomic mass is 10.7. The summed E-state index contributed by atoms with van der Waals surface area (Å²) in [5.41, 5.74) is 0. The van der Waals surface area contributed by atoms with Gasteiger partial charge >= 0.3 is 6.01 Å². The van der Waals surface area contributed by atoms with Gasteiger partial charge in [0.15, 0.2) is 6.61 Å². The van der Waals surface area contributed by atoms with Crippen molar-refractivity contribution in [2.75, 3.05) is 38.0 Å². The molecule has 1 rings (SSSR count). The Morgan fingerprint density at radius 1 is 1.40 bits per heavy atom. The highest BCUT2D eigenvalue weighted by Gasteiger charge is 2.07. The van der Waals surface area contributed by atoms with E-state index in [9.17, 15) is 0 Å². The normalized spacial score (nSPS) is 9.20. The lowest BCUT2D eigenvalue weighted by Crippen LogP contribution is -2.15. The molecule has 0 spiro atoms. The molecule has 80 valence electrons. The molecule has 0 amide bonds. The van der Waals surface area contributed by atoms with E-state index in [2.05, 4.69) is 26.2 Å². The molecule has 0 atom stereocenters. The van der Waals surface area contributed by atoms with E-state index in [1.165, 1.54) is 0 Å².